The Morgan fingerprint density at radius 3 is 2.51 bits per heavy atom. The predicted octanol–water partition coefficient (Wildman–Crippen LogP) is 5.92. The van der Waals surface area contributed by atoms with E-state index in [1.807, 2.05) is 26.0 Å². The number of anilines is 1. The van der Waals surface area contributed by atoms with Crippen molar-refractivity contribution in [2.24, 2.45) is 5.92 Å². The van der Waals surface area contributed by atoms with Gasteiger partial charge in [-0.2, -0.15) is 5.26 Å². The van der Waals surface area contributed by atoms with Gasteiger partial charge >= 0.3 is 0 Å². The fourth-order valence-electron chi connectivity index (χ4n) is 5.60. The van der Waals surface area contributed by atoms with Crippen LogP contribution in [0, 0.1) is 24.2 Å². The van der Waals surface area contributed by atoms with Gasteiger partial charge in [0.2, 0.25) is 0 Å². The van der Waals surface area contributed by atoms with Gasteiger partial charge in [0.15, 0.2) is 0 Å². The first-order valence-electron chi connectivity index (χ1n) is 14.7. The van der Waals surface area contributed by atoms with E-state index in [4.69, 9.17) is 17.0 Å². The highest BCUT2D eigenvalue weighted by Crippen LogP contribution is 2.37. The van der Waals surface area contributed by atoms with Crippen molar-refractivity contribution < 1.29 is 9.53 Å². The second-order valence-corrected chi connectivity index (χ2v) is 12.3. The molecule has 3 heterocycles. The highest BCUT2D eigenvalue weighted by atomic mass is 32.2. The Kier molecular flexibility index (Phi) is 11.2. The zero-order valence-corrected chi connectivity index (χ0v) is 26.0. The summed E-state index contributed by atoms with van der Waals surface area (Å²) < 4.78 is 7.74. The summed E-state index contributed by atoms with van der Waals surface area (Å²) >= 11 is 6.85. The first kappa shape index (κ1) is 31.0. The highest BCUT2D eigenvalue weighted by Gasteiger charge is 2.33. The fraction of sp³-hybridized carbons (Fsp3) is 0.500. The van der Waals surface area contributed by atoms with Gasteiger partial charge in [0.1, 0.15) is 21.8 Å². The molecule has 1 aromatic carbocycles. The van der Waals surface area contributed by atoms with Crippen LogP contribution in [0.4, 0.5) is 5.82 Å². The van der Waals surface area contributed by atoms with Crippen LogP contribution < -0.4 is 10.5 Å². The molecular formula is C32H40N4O3S2. The second kappa shape index (κ2) is 14.8. The van der Waals surface area contributed by atoms with Crippen LogP contribution in [0.2, 0.25) is 0 Å². The number of nitriles is 1. The van der Waals surface area contributed by atoms with Crippen molar-refractivity contribution in [1.82, 2.24) is 9.47 Å². The third kappa shape index (κ3) is 7.29. The largest absolute Gasteiger partial charge is 0.382 e. The summed E-state index contributed by atoms with van der Waals surface area (Å²) in [4.78, 5) is 31.5. The SMILES string of the molecule is CCCCn1c(N2CCC(Cc3ccccc3)CC2)c(/C=C2/SC(=S)N(CCCOCC)C2=O)c(C)c(C#N)c1=O. The van der Waals surface area contributed by atoms with E-state index in [1.165, 1.54) is 17.3 Å². The highest BCUT2D eigenvalue weighted by molar-refractivity contribution is 8.26. The number of amides is 1. The summed E-state index contributed by atoms with van der Waals surface area (Å²) in [6.07, 6.45) is 7.39. The van der Waals surface area contributed by atoms with Crippen LogP contribution in [-0.4, -0.2) is 52.5 Å². The lowest BCUT2D eigenvalue weighted by Crippen LogP contribution is -2.40. The van der Waals surface area contributed by atoms with Gasteiger partial charge in [0.25, 0.3) is 11.5 Å². The lowest BCUT2D eigenvalue weighted by molar-refractivity contribution is -0.122. The molecule has 0 bridgehead atoms. The molecule has 2 aliphatic heterocycles. The first-order valence-corrected chi connectivity index (χ1v) is 15.9. The standard InChI is InChI=1S/C32H40N4O3S2/c1-4-6-15-35-29(34-17-13-25(14-18-34)20-24-11-8-7-9-12-24)26(23(3)27(22-33)30(35)37)21-28-31(38)36(32(40)41-28)16-10-19-39-5-2/h7-9,11-12,21,25H,4-6,10,13-20H2,1-3H3/b28-21+. The van der Waals surface area contributed by atoms with Gasteiger partial charge in [-0.1, -0.05) is 67.7 Å². The van der Waals surface area contributed by atoms with Crippen molar-refractivity contribution in [2.45, 2.75) is 65.8 Å². The third-order valence-electron chi connectivity index (χ3n) is 7.89. The van der Waals surface area contributed by atoms with Crippen LogP contribution in [0.3, 0.4) is 0 Å². The normalized spacial score (nSPS) is 17.1. The van der Waals surface area contributed by atoms with E-state index >= 15 is 0 Å². The summed E-state index contributed by atoms with van der Waals surface area (Å²) in [6.45, 7) is 9.74. The number of pyridine rings is 1. The Morgan fingerprint density at radius 1 is 1.12 bits per heavy atom. The number of piperidine rings is 1. The summed E-state index contributed by atoms with van der Waals surface area (Å²) in [5.41, 5.74) is 2.63. The van der Waals surface area contributed by atoms with E-state index in [0.29, 0.717) is 53.4 Å². The lowest BCUT2D eigenvalue weighted by atomic mass is 9.90. The summed E-state index contributed by atoms with van der Waals surface area (Å²) in [5.74, 6) is 1.26. The second-order valence-electron chi connectivity index (χ2n) is 10.7. The number of rotatable bonds is 12. The molecule has 4 rings (SSSR count). The number of aromatic nitrogens is 1. The number of benzene rings is 1. The van der Waals surface area contributed by atoms with Crippen molar-refractivity contribution in [1.29, 1.82) is 5.26 Å². The average molecular weight is 593 g/mol. The number of thiocarbonyl (C=S) groups is 1. The number of thioether (sulfide) groups is 1. The number of carbonyl (C=O) groups excluding carboxylic acids is 1. The molecule has 41 heavy (non-hydrogen) atoms. The van der Waals surface area contributed by atoms with Crippen LogP contribution in [-0.2, 0) is 22.5 Å². The predicted molar refractivity (Wildman–Crippen MR) is 171 cm³/mol. The molecule has 0 spiro atoms. The van der Waals surface area contributed by atoms with Gasteiger partial charge < -0.3 is 9.64 Å². The first-order chi connectivity index (χ1) is 19.9. The number of hydrogen-bond donors (Lipinski definition) is 0. The van der Waals surface area contributed by atoms with Gasteiger partial charge in [-0.05, 0) is 69.1 Å². The van der Waals surface area contributed by atoms with Gasteiger partial charge in [0, 0.05) is 45.0 Å². The molecule has 1 amide bonds. The molecule has 9 heteroatoms. The third-order valence-corrected chi connectivity index (χ3v) is 9.26. The Bertz CT molecular complexity index is 1370. The van der Waals surface area contributed by atoms with Crippen molar-refractivity contribution in [3.8, 4) is 6.07 Å². The zero-order valence-electron chi connectivity index (χ0n) is 24.4. The van der Waals surface area contributed by atoms with E-state index in [2.05, 4.69) is 42.2 Å². The minimum absolute atomic E-state index is 0.131. The van der Waals surface area contributed by atoms with Crippen LogP contribution in [0.1, 0.15) is 68.2 Å². The Hall–Kier alpha value is -2.93. The summed E-state index contributed by atoms with van der Waals surface area (Å²) in [6, 6.07) is 12.7. The van der Waals surface area contributed by atoms with Crippen molar-refractivity contribution in [2.75, 3.05) is 37.7 Å². The molecular weight excluding hydrogens is 553 g/mol. The van der Waals surface area contributed by atoms with Crippen molar-refractivity contribution >= 4 is 46.1 Å². The van der Waals surface area contributed by atoms with E-state index in [-0.39, 0.29) is 17.0 Å². The number of carbonyl (C=O) groups is 1. The Labute approximate surface area is 253 Å². The zero-order chi connectivity index (χ0) is 29.4. The fourth-order valence-corrected chi connectivity index (χ4v) is 6.89. The van der Waals surface area contributed by atoms with Gasteiger partial charge in [-0.15, -0.1) is 0 Å². The van der Waals surface area contributed by atoms with Gasteiger partial charge in [0.05, 0.1) is 4.91 Å². The van der Waals surface area contributed by atoms with Crippen LogP contribution in [0.25, 0.3) is 6.08 Å². The van der Waals surface area contributed by atoms with Crippen LogP contribution in [0.5, 0.6) is 0 Å². The van der Waals surface area contributed by atoms with E-state index < -0.39 is 0 Å². The molecule has 0 atom stereocenters. The molecule has 0 saturated carbocycles. The molecule has 7 nitrogen and oxygen atoms in total. The quantitative estimate of drug-likeness (QED) is 0.172. The molecule has 218 valence electrons. The summed E-state index contributed by atoms with van der Waals surface area (Å²) in [7, 11) is 0. The maximum absolute atomic E-state index is 13.6. The smallest absolute Gasteiger partial charge is 0.270 e. The minimum Gasteiger partial charge on any atom is -0.382 e. The molecule has 2 saturated heterocycles. The maximum atomic E-state index is 13.6. The topological polar surface area (TPSA) is 78.6 Å². The molecule has 0 N–H and O–H groups in total. The van der Waals surface area contributed by atoms with Crippen molar-refractivity contribution in [3.05, 3.63) is 67.8 Å². The molecule has 2 aliphatic rings. The van der Waals surface area contributed by atoms with Crippen molar-refractivity contribution in [3.63, 3.8) is 0 Å². The number of hydrogen-bond acceptors (Lipinski definition) is 7. The van der Waals surface area contributed by atoms with E-state index in [9.17, 15) is 14.9 Å². The molecule has 2 aromatic rings. The number of ether oxygens (including phenoxy) is 1. The minimum atomic E-state index is -0.250. The van der Waals surface area contributed by atoms with Gasteiger partial charge in [-0.3, -0.25) is 19.1 Å². The molecule has 0 aliphatic carbocycles. The lowest BCUT2D eigenvalue weighted by Gasteiger charge is -2.36. The van der Waals surface area contributed by atoms with E-state index in [1.54, 1.807) is 9.47 Å². The van der Waals surface area contributed by atoms with Crippen LogP contribution in [0.15, 0.2) is 40.0 Å². The Balaban J connectivity index is 1.69. The monoisotopic (exact) mass is 592 g/mol. The number of nitrogens with zero attached hydrogens (tertiary/aromatic N) is 4. The molecule has 2 fully saturated rings. The van der Waals surface area contributed by atoms with Crippen LogP contribution >= 0.6 is 24.0 Å². The van der Waals surface area contributed by atoms with Gasteiger partial charge in [-0.25, -0.2) is 0 Å². The summed E-state index contributed by atoms with van der Waals surface area (Å²) in [5, 5.41) is 9.98. The maximum Gasteiger partial charge on any atom is 0.270 e. The molecule has 0 radical (unpaired) electrons. The number of unbranched alkanes of at least 4 members (excludes halogenated alkanes) is 1. The van der Waals surface area contributed by atoms with E-state index in [0.717, 1.165) is 56.6 Å². The molecule has 0 unspecified atom stereocenters. The Morgan fingerprint density at radius 2 is 1.85 bits per heavy atom. The molecule has 1 aromatic heterocycles. The average Bonchev–Trinajstić information content (AvgIpc) is 3.24.